The minimum atomic E-state index is -0.887. The summed E-state index contributed by atoms with van der Waals surface area (Å²) in [5.74, 6) is 0.397. The molecule has 0 saturated heterocycles. The van der Waals surface area contributed by atoms with E-state index in [0.717, 1.165) is 36.1 Å². The number of rotatable bonds is 15. The number of benzene rings is 2. The number of unbranched alkanes of at least 4 members (excludes halogenated alkanes) is 2. The van der Waals surface area contributed by atoms with E-state index >= 15 is 0 Å². The zero-order valence-electron chi connectivity index (χ0n) is 19.1. The lowest BCUT2D eigenvalue weighted by molar-refractivity contribution is -0.137. The van der Waals surface area contributed by atoms with Gasteiger partial charge in [0.15, 0.2) is 0 Å². The summed E-state index contributed by atoms with van der Waals surface area (Å²) in [4.78, 5) is 22.9. The number of hydrogen-bond donors (Lipinski definition) is 3. The third-order valence-electron chi connectivity index (χ3n) is 4.96. The Morgan fingerprint density at radius 3 is 2.52 bits per heavy atom. The second-order valence-corrected chi connectivity index (χ2v) is 7.61. The molecule has 0 heterocycles. The Bertz CT molecular complexity index is 907. The topological polar surface area (TPSA) is 105 Å². The lowest BCUT2D eigenvalue weighted by Gasteiger charge is -2.13. The molecule has 0 saturated carbocycles. The molecule has 0 bridgehead atoms. The van der Waals surface area contributed by atoms with Crippen molar-refractivity contribution >= 4 is 23.6 Å². The number of carboxylic acid groups (broad SMARTS) is 1. The Hall–Kier alpha value is -3.32. The number of aryl methyl sites for hydroxylation is 1. The molecule has 33 heavy (non-hydrogen) atoms. The molecular weight excluding hydrogens is 422 g/mol. The number of aliphatic hydroxyl groups excluding tert-OH is 1. The van der Waals surface area contributed by atoms with Crippen molar-refractivity contribution in [3.63, 3.8) is 0 Å². The highest BCUT2D eigenvalue weighted by Crippen LogP contribution is 2.25. The Morgan fingerprint density at radius 2 is 1.82 bits per heavy atom. The van der Waals surface area contributed by atoms with Gasteiger partial charge in [-0.2, -0.15) is 0 Å². The van der Waals surface area contributed by atoms with Crippen LogP contribution in [0.2, 0.25) is 0 Å². The molecule has 7 nitrogen and oxygen atoms in total. The molecule has 1 amide bonds. The molecule has 3 N–H and O–H groups in total. The molecule has 0 spiro atoms. The maximum atomic E-state index is 11.9. The van der Waals surface area contributed by atoms with Gasteiger partial charge in [-0.3, -0.25) is 9.59 Å². The number of ether oxygens (including phenoxy) is 2. The van der Waals surface area contributed by atoms with Gasteiger partial charge in [-0.25, -0.2) is 0 Å². The van der Waals surface area contributed by atoms with E-state index in [1.54, 1.807) is 25.3 Å². The van der Waals surface area contributed by atoms with E-state index in [1.165, 1.54) is 0 Å². The van der Waals surface area contributed by atoms with E-state index in [9.17, 15) is 9.59 Å². The Kier molecular flexibility index (Phi) is 11.5. The van der Waals surface area contributed by atoms with Crippen LogP contribution in [0.4, 0.5) is 5.69 Å². The molecule has 0 unspecified atom stereocenters. The Morgan fingerprint density at radius 1 is 1.03 bits per heavy atom. The number of carboxylic acids is 1. The van der Waals surface area contributed by atoms with Crippen molar-refractivity contribution in [1.82, 2.24) is 0 Å². The van der Waals surface area contributed by atoms with Gasteiger partial charge >= 0.3 is 5.97 Å². The molecule has 0 aliphatic carbocycles. The summed E-state index contributed by atoms with van der Waals surface area (Å²) >= 11 is 0. The van der Waals surface area contributed by atoms with Gasteiger partial charge in [-0.1, -0.05) is 24.3 Å². The van der Waals surface area contributed by atoms with E-state index in [-0.39, 0.29) is 25.4 Å². The zero-order valence-corrected chi connectivity index (χ0v) is 19.1. The number of aliphatic carboxylic acids is 1. The summed E-state index contributed by atoms with van der Waals surface area (Å²) in [6.07, 6.45) is 7.90. The van der Waals surface area contributed by atoms with Crippen LogP contribution in [-0.4, -0.2) is 42.4 Å². The van der Waals surface area contributed by atoms with Crippen LogP contribution in [0.5, 0.6) is 11.5 Å². The fourth-order valence-corrected chi connectivity index (χ4v) is 3.18. The maximum Gasteiger partial charge on any atom is 0.303 e. The van der Waals surface area contributed by atoms with Gasteiger partial charge in [0.25, 0.3) is 0 Å². The summed E-state index contributed by atoms with van der Waals surface area (Å²) in [7, 11) is 1.65. The number of allylic oxidation sites excluding steroid dienone is 1. The number of anilines is 1. The van der Waals surface area contributed by atoms with Crippen LogP contribution in [0.25, 0.3) is 6.08 Å². The van der Waals surface area contributed by atoms with Gasteiger partial charge in [0, 0.05) is 25.1 Å². The van der Waals surface area contributed by atoms with Gasteiger partial charge in [0.2, 0.25) is 5.91 Å². The van der Waals surface area contributed by atoms with Crippen molar-refractivity contribution in [2.45, 2.75) is 44.9 Å². The Labute approximate surface area is 195 Å². The lowest BCUT2D eigenvalue weighted by Crippen LogP contribution is -2.12. The summed E-state index contributed by atoms with van der Waals surface area (Å²) < 4.78 is 11.1. The molecule has 0 aliphatic rings. The number of nitrogens with one attached hydrogen (secondary N) is 1. The fourth-order valence-electron chi connectivity index (χ4n) is 3.18. The van der Waals surface area contributed by atoms with Gasteiger partial charge in [-0.05, 0) is 73.6 Å². The first-order valence-corrected chi connectivity index (χ1v) is 11.2. The normalized spacial score (nSPS) is 10.8. The van der Waals surface area contributed by atoms with Crippen LogP contribution >= 0.6 is 0 Å². The maximum absolute atomic E-state index is 11.9. The van der Waals surface area contributed by atoms with Crippen molar-refractivity contribution < 1.29 is 29.3 Å². The SMILES string of the molecule is COc1ccc(C=CCCCCOc2ccc(NC(=O)CCCO)cc2CCC(=O)O)cc1. The minimum absolute atomic E-state index is 0.0194. The second kappa shape index (κ2) is 14.7. The second-order valence-electron chi connectivity index (χ2n) is 7.61. The largest absolute Gasteiger partial charge is 0.497 e. The van der Waals surface area contributed by atoms with Crippen molar-refractivity contribution in [2.75, 3.05) is 25.6 Å². The minimum Gasteiger partial charge on any atom is -0.497 e. The third kappa shape index (κ3) is 10.2. The molecule has 7 heteroatoms. The highest BCUT2D eigenvalue weighted by atomic mass is 16.5. The molecule has 2 rings (SSSR count). The summed E-state index contributed by atoms with van der Waals surface area (Å²) in [5, 5.41) is 20.7. The van der Waals surface area contributed by atoms with Gasteiger partial charge in [0.1, 0.15) is 11.5 Å². The van der Waals surface area contributed by atoms with Crippen LogP contribution in [0.1, 0.15) is 49.7 Å². The van der Waals surface area contributed by atoms with E-state index in [1.807, 2.05) is 24.3 Å². The predicted octanol–water partition coefficient (Wildman–Crippen LogP) is 4.69. The molecule has 0 aliphatic heterocycles. The van der Waals surface area contributed by atoms with Crippen LogP contribution in [0.3, 0.4) is 0 Å². The molecule has 178 valence electrons. The smallest absolute Gasteiger partial charge is 0.303 e. The van der Waals surface area contributed by atoms with Crippen molar-refractivity contribution in [3.8, 4) is 11.5 Å². The molecule has 0 radical (unpaired) electrons. The van der Waals surface area contributed by atoms with Gasteiger partial charge in [-0.15, -0.1) is 0 Å². The number of carbonyl (C=O) groups is 2. The summed E-state index contributed by atoms with van der Waals surface area (Å²) in [5.41, 5.74) is 2.46. The van der Waals surface area contributed by atoms with E-state index in [0.29, 0.717) is 30.9 Å². The fraction of sp³-hybridized carbons (Fsp3) is 0.385. The van der Waals surface area contributed by atoms with Crippen LogP contribution in [-0.2, 0) is 16.0 Å². The molecular formula is C26H33NO6. The van der Waals surface area contributed by atoms with Gasteiger partial charge in [0.05, 0.1) is 13.7 Å². The number of aliphatic hydroxyl groups is 1. The summed E-state index contributed by atoms with van der Waals surface area (Å²) in [6.45, 7) is 0.486. The van der Waals surface area contributed by atoms with Crippen LogP contribution in [0, 0.1) is 0 Å². The van der Waals surface area contributed by atoms with E-state index in [2.05, 4.69) is 17.5 Å². The van der Waals surface area contributed by atoms with Crippen LogP contribution in [0.15, 0.2) is 48.5 Å². The first-order chi connectivity index (χ1) is 16.0. The number of methoxy groups -OCH3 is 1. The van der Waals surface area contributed by atoms with E-state index in [4.69, 9.17) is 19.7 Å². The quantitative estimate of drug-likeness (QED) is 0.337. The number of amides is 1. The first-order valence-electron chi connectivity index (χ1n) is 11.2. The Balaban J connectivity index is 1.82. The molecule has 2 aromatic carbocycles. The average Bonchev–Trinajstić information content (AvgIpc) is 2.82. The van der Waals surface area contributed by atoms with Gasteiger partial charge < -0.3 is 25.0 Å². The van der Waals surface area contributed by atoms with Crippen molar-refractivity contribution in [2.24, 2.45) is 0 Å². The molecule has 0 atom stereocenters. The summed E-state index contributed by atoms with van der Waals surface area (Å²) in [6, 6.07) is 13.2. The number of carbonyl (C=O) groups excluding carboxylic acids is 1. The standard InChI is InChI=1S/C26H33NO6/c1-32-23-13-9-20(10-14-23)7-4-2-3-5-18-33-24-15-12-22(27-25(29)8-6-17-28)19-21(24)11-16-26(30)31/h4,7,9-10,12-15,19,28H,2-3,5-6,8,11,16-18H2,1H3,(H,27,29)(H,30,31). The van der Waals surface area contributed by atoms with Crippen LogP contribution < -0.4 is 14.8 Å². The number of hydrogen-bond acceptors (Lipinski definition) is 5. The van der Waals surface area contributed by atoms with E-state index < -0.39 is 5.97 Å². The molecule has 0 aromatic heterocycles. The predicted molar refractivity (Wildman–Crippen MR) is 129 cm³/mol. The van der Waals surface area contributed by atoms with Crippen molar-refractivity contribution in [1.29, 1.82) is 0 Å². The highest BCUT2D eigenvalue weighted by Gasteiger charge is 2.10. The van der Waals surface area contributed by atoms with Crippen molar-refractivity contribution in [3.05, 3.63) is 59.7 Å². The monoisotopic (exact) mass is 455 g/mol. The molecule has 0 fully saturated rings. The molecule has 2 aromatic rings. The third-order valence-corrected chi connectivity index (χ3v) is 4.96. The lowest BCUT2D eigenvalue weighted by atomic mass is 10.1. The highest BCUT2D eigenvalue weighted by molar-refractivity contribution is 5.90. The first kappa shape index (κ1) is 25.9. The zero-order chi connectivity index (χ0) is 23.9. The average molecular weight is 456 g/mol.